The lowest BCUT2D eigenvalue weighted by Gasteiger charge is -2.01. The molecule has 6 heteroatoms. The van der Waals surface area contributed by atoms with E-state index in [1.54, 1.807) is 22.7 Å². The van der Waals surface area contributed by atoms with Crippen LogP contribution in [-0.4, -0.2) is 19.9 Å². The Morgan fingerprint density at radius 2 is 1.35 bits per heavy atom. The maximum Gasteiger partial charge on any atom is 0.126 e. The van der Waals surface area contributed by atoms with E-state index >= 15 is 0 Å². The Bertz CT molecular complexity index is 1340. The fourth-order valence-corrected chi connectivity index (χ4v) is 5.35. The molecule has 122 valence electrons. The molecule has 6 heterocycles. The Morgan fingerprint density at radius 3 is 2.19 bits per heavy atom. The Labute approximate surface area is 155 Å². The first-order valence-corrected chi connectivity index (χ1v) is 9.78. The number of thiophene rings is 2. The monoisotopic (exact) mass is 370 g/mol. The average Bonchev–Trinajstić information content (AvgIpc) is 3.24. The fourth-order valence-electron chi connectivity index (χ4n) is 3.29. The minimum atomic E-state index is 0.890. The highest BCUT2D eigenvalue weighted by atomic mass is 32.1. The van der Waals surface area contributed by atoms with Gasteiger partial charge in [0.2, 0.25) is 0 Å². The summed E-state index contributed by atoms with van der Waals surface area (Å²) in [5.74, 6) is 0. The van der Waals surface area contributed by atoms with Crippen LogP contribution in [0.2, 0.25) is 0 Å². The molecule has 0 atom stereocenters. The molecule has 4 nitrogen and oxygen atoms in total. The number of hydrogen-bond acceptors (Lipinski definition) is 6. The number of rotatable bonds is 1. The largest absolute Gasteiger partial charge is 0.263 e. The van der Waals surface area contributed by atoms with Gasteiger partial charge in [0.25, 0.3) is 0 Å². The normalized spacial score (nSPS) is 11.8. The third-order valence-corrected chi connectivity index (χ3v) is 6.59. The quantitative estimate of drug-likeness (QED) is 0.374. The van der Waals surface area contributed by atoms with Gasteiger partial charge in [-0.2, -0.15) is 0 Å². The fraction of sp³-hybridized carbons (Fsp3) is 0. The van der Waals surface area contributed by atoms with Gasteiger partial charge in [-0.15, -0.1) is 11.3 Å². The summed E-state index contributed by atoms with van der Waals surface area (Å²) in [4.78, 5) is 21.4. The van der Waals surface area contributed by atoms with Crippen LogP contribution in [0.25, 0.3) is 52.1 Å². The van der Waals surface area contributed by atoms with Gasteiger partial charge < -0.3 is 0 Å². The van der Waals surface area contributed by atoms with E-state index in [0.29, 0.717) is 0 Å². The molecular formula is C20H10N4S2. The van der Waals surface area contributed by atoms with E-state index in [1.807, 2.05) is 36.8 Å². The Hall–Kier alpha value is -2.96. The molecule has 0 saturated heterocycles. The third kappa shape index (κ3) is 2.00. The first-order valence-electron chi connectivity index (χ1n) is 8.15. The molecule has 0 unspecified atom stereocenters. The molecule has 6 rings (SSSR count). The van der Waals surface area contributed by atoms with Crippen LogP contribution in [0.3, 0.4) is 0 Å². The van der Waals surface area contributed by atoms with Crippen molar-refractivity contribution in [3.63, 3.8) is 0 Å². The van der Waals surface area contributed by atoms with Gasteiger partial charge in [-0.25, -0.2) is 15.0 Å². The van der Waals surface area contributed by atoms with Crippen molar-refractivity contribution in [2.45, 2.75) is 0 Å². The molecule has 0 fully saturated rings. The van der Waals surface area contributed by atoms with Gasteiger partial charge >= 0.3 is 0 Å². The van der Waals surface area contributed by atoms with Crippen LogP contribution in [0.4, 0.5) is 0 Å². The van der Waals surface area contributed by atoms with Crippen LogP contribution < -0.4 is 0 Å². The van der Waals surface area contributed by atoms with Crippen molar-refractivity contribution in [3.8, 4) is 11.4 Å². The summed E-state index contributed by atoms with van der Waals surface area (Å²) >= 11 is 3.29. The number of fused-ring (bicyclic) bond motifs is 6. The number of pyridine rings is 4. The zero-order valence-electron chi connectivity index (χ0n) is 13.4. The van der Waals surface area contributed by atoms with Gasteiger partial charge in [0, 0.05) is 40.1 Å². The van der Waals surface area contributed by atoms with Crippen molar-refractivity contribution in [3.05, 3.63) is 61.1 Å². The molecular weight excluding hydrogens is 360 g/mol. The van der Waals surface area contributed by atoms with Crippen molar-refractivity contribution in [1.29, 1.82) is 0 Å². The molecule has 0 aromatic carbocycles. The molecule has 0 aliphatic carbocycles. The van der Waals surface area contributed by atoms with E-state index in [0.717, 1.165) is 41.4 Å². The number of nitrogens with zero attached hydrogens (tertiary/aromatic N) is 4. The van der Waals surface area contributed by atoms with Crippen LogP contribution >= 0.6 is 22.7 Å². The Morgan fingerprint density at radius 1 is 0.615 bits per heavy atom. The van der Waals surface area contributed by atoms with Crippen LogP contribution in [0, 0.1) is 0 Å². The molecule has 0 radical (unpaired) electrons. The second-order valence-electron chi connectivity index (χ2n) is 6.03. The average molecular weight is 370 g/mol. The Kier molecular flexibility index (Phi) is 2.88. The maximum absolute atomic E-state index is 4.86. The van der Waals surface area contributed by atoms with Gasteiger partial charge in [0.15, 0.2) is 0 Å². The van der Waals surface area contributed by atoms with Crippen LogP contribution in [0.1, 0.15) is 0 Å². The van der Waals surface area contributed by atoms with Crippen molar-refractivity contribution >= 4 is 63.4 Å². The zero-order chi connectivity index (χ0) is 17.1. The van der Waals surface area contributed by atoms with E-state index in [9.17, 15) is 0 Å². The summed E-state index contributed by atoms with van der Waals surface area (Å²) in [6.07, 6.45) is 5.55. The van der Waals surface area contributed by atoms with E-state index in [4.69, 9.17) is 9.97 Å². The van der Waals surface area contributed by atoms with Gasteiger partial charge in [-0.3, -0.25) is 4.98 Å². The van der Waals surface area contributed by atoms with Gasteiger partial charge in [-0.05, 0) is 42.5 Å². The van der Waals surface area contributed by atoms with Gasteiger partial charge in [-0.1, -0.05) is 11.3 Å². The summed E-state index contributed by atoms with van der Waals surface area (Å²) in [7, 11) is 0. The molecule has 0 N–H and O–H groups in total. The second-order valence-corrected chi connectivity index (χ2v) is 8.04. The Balaban J connectivity index is 1.57. The molecule has 0 aliphatic rings. The first kappa shape index (κ1) is 14.2. The minimum absolute atomic E-state index is 0.890. The van der Waals surface area contributed by atoms with Crippen LogP contribution in [-0.2, 0) is 0 Å². The molecule has 0 saturated carbocycles. The lowest BCUT2D eigenvalue weighted by atomic mass is 10.1. The molecule has 0 spiro atoms. The second kappa shape index (κ2) is 5.27. The molecule has 26 heavy (non-hydrogen) atoms. The van der Waals surface area contributed by atoms with E-state index in [1.165, 1.54) is 10.8 Å². The smallest absolute Gasteiger partial charge is 0.126 e. The summed E-state index contributed by atoms with van der Waals surface area (Å²) in [5, 5.41) is 4.68. The van der Waals surface area contributed by atoms with E-state index in [-0.39, 0.29) is 0 Å². The summed E-state index contributed by atoms with van der Waals surface area (Å²) in [5.41, 5.74) is 1.78. The zero-order valence-corrected chi connectivity index (χ0v) is 15.0. The van der Waals surface area contributed by atoms with Crippen molar-refractivity contribution in [1.82, 2.24) is 19.9 Å². The number of aromatic nitrogens is 4. The predicted octanol–water partition coefficient (Wildman–Crippen LogP) is 5.67. The van der Waals surface area contributed by atoms with Crippen LogP contribution in [0.5, 0.6) is 0 Å². The summed E-state index contributed by atoms with van der Waals surface area (Å²) in [6, 6.07) is 14.5. The van der Waals surface area contributed by atoms with Gasteiger partial charge in [0.05, 0.1) is 16.1 Å². The maximum atomic E-state index is 4.86. The minimum Gasteiger partial charge on any atom is -0.263 e. The molecule has 0 bridgehead atoms. The molecule has 0 aliphatic heterocycles. The molecule has 0 amide bonds. The first-order chi connectivity index (χ1) is 12.9. The lowest BCUT2D eigenvalue weighted by Crippen LogP contribution is -1.86. The highest BCUT2D eigenvalue weighted by Gasteiger charge is 2.11. The standard InChI is InChI=1S/C20H10N4S2/c1-2-12-14-4-6-16(24-20(14)26-18(12)22-8-1)15-5-3-13-11-7-9-21-10-17(11)25-19(13)23-15/h1-10H. The molecule has 6 aromatic rings. The van der Waals surface area contributed by atoms with Crippen molar-refractivity contribution in [2.75, 3.05) is 0 Å². The van der Waals surface area contributed by atoms with Crippen LogP contribution in [0.15, 0.2) is 61.1 Å². The third-order valence-electron chi connectivity index (χ3n) is 4.52. The van der Waals surface area contributed by atoms with Crippen molar-refractivity contribution in [2.24, 2.45) is 0 Å². The lowest BCUT2D eigenvalue weighted by molar-refractivity contribution is 1.34. The number of hydrogen-bond donors (Lipinski definition) is 0. The van der Waals surface area contributed by atoms with Crippen molar-refractivity contribution < 1.29 is 0 Å². The molecule has 6 aromatic heterocycles. The highest BCUT2D eigenvalue weighted by Crippen LogP contribution is 2.35. The highest BCUT2D eigenvalue weighted by molar-refractivity contribution is 7.25. The summed E-state index contributed by atoms with van der Waals surface area (Å²) < 4.78 is 1.16. The van der Waals surface area contributed by atoms with E-state index < -0.39 is 0 Å². The van der Waals surface area contributed by atoms with Gasteiger partial charge in [0.1, 0.15) is 14.5 Å². The topological polar surface area (TPSA) is 51.6 Å². The predicted molar refractivity (Wildman–Crippen MR) is 109 cm³/mol. The van der Waals surface area contributed by atoms with E-state index in [2.05, 4.69) is 34.2 Å². The SMILES string of the molecule is c1cnc2sc3nc(-c4ccc5c(n4)sc4cnccc45)ccc3c2c1. The summed E-state index contributed by atoms with van der Waals surface area (Å²) in [6.45, 7) is 0.